The molecule has 0 amide bonds. The molecule has 0 bridgehead atoms. The molecule has 0 radical (unpaired) electrons. The van der Waals surface area contributed by atoms with Crippen LogP contribution in [-0.2, 0) is 9.53 Å². The maximum Gasteiger partial charge on any atom is 0.307 e. The third-order valence-corrected chi connectivity index (χ3v) is 4.61. The van der Waals surface area contributed by atoms with E-state index in [2.05, 4.69) is 13.8 Å². The molecule has 24 heavy (non-hydrogen) atoms. The van der Waals surface area contributed by atoms with Crippen LogP contribution in [0.5, 0.6) is 0 Å². The normalized spacial score (nSPS) is 12.3. The monoisotopic (exact) mass is 341 g/mol. The van der Waals surface area contributed by atoms with E-state index in [4.69, 9.17) is 10.5 Å². The maximum absolute atomic E-state index is 11.7. The fourth-order valence-corrected chi connectivity index (χ4v) is 2.99. The van der Waals surface area contributed by atoms with Gasteiger partial charge < -0.3 is 4.74 Å². The number of nitrogens with two attached hydrogens (primary N) is 1. The lowest BCUT2D eigenvalue weighted by Gasteiger charge is -2.13. The van der Waals surface area contributed by atoms with Crippen LogP contribution in [0.25, 0.3) is 0 Å². The quantitative estimate of drug-likeness (QED) is 0.176. The zero-order valence-electron chi connectivity index (χ0n) is 16.5. The van der Waals surface area contributed by atoms with Gasteiger partial charge in [-0.05, 0) is 19.3 Å². The molecule has 144 valence electrons. The van der Waals surface area contributed by atoms with Crippen molar-refractivity contribution in [2.75, 3.05) is 0 Å². The third-order valence-electron chi connectivity index (χ3n) is 4.61. The number of unbranched alkanes of at least 4 members (excludes halogenated alkanes) is 13. The number of ether oxygens (including phenoxy) is 1. The van der Waals surface area contributed by atoms with Crippen molar-refractivity contribution in [1.29, 1.82) is 0 Å². The van der Waals surface area contributed by atoms with E-state index in [1.165, 1.54) is 77.0 Å². The molecule has 0 saturated heterocycles. The molecule has 1 atom stereocenters. The van der Waals surface area contributed by atoms with Crippen molar-refractivity contribution in [3.63, 3.8) is 0 Å². The van der Waals surface area contributed by atoms with Gasteiger partial charge in [0.1, 0.15) is 0 Å². The van der Waals surface area contributed by atoms with E-state index in [1.54, 1.807) is 0 Å². The number of esters is 1. The fraction of sp³-hybridized carbons (Fsp3) is 0.952. The molecule has 3 nitrogen and oxygen atoms in total. The lowest BCUT2D eigenvalue weighted by atomic mass is 10.1. The van der Waals surface area contributed by atoms with Crippen molar-refractivity contribution < 1.29 is 9.53 Å². The summed E-state index contributed by atoms with van der Waals surface area (Å²) in [6, 6.07) is 0. The lowest BCUT2D eigenvalue weighted by molar-refractivity contribution is -0.149. The predicted octanol–water partition coefficient (Wildman–Crippen LogP) is 6.49. The smallest absolute Gasteiger partial charge is 0.307 e. The van der Waals surface area contributed by atoms with Crippen LogP contribution in [-0.4, -0.2) is 12.2 Å². The van der Waals surface area contributed by atoms with E-state index in [0.29, 0.717) is 6.42 Å². The summed E-state index contributed by atoms with van der Waals surface area (Å²) in [7, 11) is 0. The molecule has 0 aliphatic heterocycles. The number of carbonyl (C=O) groups is 1. The van der Waals surface area contributed by atoms with Crippen LogP contribution in [0, 0.1) is 0 Å². The summed E-state index contributed by atoms with van der Waals surface area (Å²) < 4.78 is 5.29. The molecule has 0 aliphatic rings. The van der Waals surface area contributed by atoms with Gasteiger partial charge in [0.15, 0.2) is 6.23 Å². The van der Waals surface area contributed by atoms with Crippen LogP contribution < -0.4 is 5.73 Å². The van der Waals surface area contributed by atoms with Crippen molar-refractivity contribution in [2.45, 2.75) is 129 Å². The highest BCUT2D eigenvalue weighted by atomic mass is 16.6. The van der Waals surface area contributed by atoms with E-state index < -0.39 is 6.23 Å². The van der Waals surface area contributed by atoms with Crippen LogP contribution in [0.1, 0.15) is 123 Å². The van der Waals surface area contributed by atoms with Crippen LogP contribution in [0.15, 0.2) is 0 Å². The molecule has 0 aromatic carbocycles. The third kappa shape index (κ3) is 17.8. The second-order valence-electron chi connectivity index (χ2n) is 7.16. The molecule has 0 aromatic heterocycles. The topological polar surface area (TPSA) is 52.3 Å². The highest BCUT2D eigenvalue weighted by molar-refractivity contribution is 5.69. The van der Waals surface area contributed by atoms with Gasteiger partial charge in [-0.25, -0.2) is 0 Å². The molecular weight excluding hydrogens is 298 g/mol. The fourth-order valence-electron chi connectivity index (χ4n) is 2.99. The summed E-state index contributed by atoms with van der Waals surface area (Å²) in [6.07, 6.45) is 19.8. The Kier molecular flexibility index (Phi) is 18.3. The van der Waals surface area contributed by atoms with Crippen molar-refractivity contribution in [1.82, 2.24) is 0 Å². The van der Waals surface area contributed by atoms with Crippen molar-refractivity contribution in [3.05, 3.63) is 0 Å². The zero-order valence-corrected chi connectivity index (χ0v) is 16.5. The van der Waals surface area contributed by atoms with Gasteiger partial charge in [0.2, 0.25) is 0 Å². The van der Waals surface area contributed by atoms with E-state index in [0.717, 1.165) is 25.7 Å². The Morgan fingerprint density at radius 1 is 0.708 bits per heavy atom. The second-order valence-corrected chi connectivity index (χ2v) is 7.16. The van der Waals surface area contributed by atoms with E-state index in [-0.39, 0.29) is 5.97 Å². The second kappa shape index (κ2) is 18.8. The molecule has 0 fully saturated rings. The molecular formula is C21H43NO2. The Morgan fingerprint density at radius 3 is 1.62 bits per heavy atom. The van der Waals surface area contributed by atoms with Gasteiger partial charge in [-0.2, -0.15) is 0 Å². The number of hydrogen-bond acceptors (Lipinski definition) is 3. The average Bonchev–Trinajstić information content (AvgIpc) is 2.56. The number of carbonyl (C=O) groups excluding carboxylic acids is 1. The Hall–Kier alpha value is -0.570. The highest BCUT2D eigenvalue weighted by Crippen LogP contribution is 2.12. The van der Waals surface area contributed by atoms with Crippen LogP contribution in [0.2, 0.25) is 0 Å². The molecule has 2 N–H and O–H groups in total. The van der Waals surface area contributed by atoms with Crippen LogP contribution in [0.4, 0.5) is 0 Å². The summed E-state index contributed by atoms with van der Waals surface area (Å²) in [6.45, 7) is 4.47. The summed E-state index contributed by atoms with van der Waals surface area (Å²) in [5.41, 5.74) is 5.90. The van der Waals surface area contributed by atoms with Gasteiger partial charge in [-0.3, -0.25) is 10.5 Å². The Morgan fingerprint density at radius 2 is 1.12 bits per heavy atom. The molecule has 3 heteroatoms. The van der Waals surface area contributed by atoms with Crippen LogP contribution >= 0.6 is 0 Å². The van der Waals surface area contributed by atoms with E-state index in [1.807, 2.05) is 0 Å². The Balaban J connectivity index is 3.32. The summed E-state index contributed by atoms with van der Waals surface area (Å²) in [4.78, 5) is 11.7. The summed E-state index contributed by atoms with van der Waals surface area (Å²) in [5.74, 6) is -0.117. The molecule has 0 spiro atoms. The lowest BCUT2D eigenvalue weighted by Crippen LogP contribution is -2.26. The maximum atomic E-state index is 11.7. The zero-order chi connectivity index (χ0) is 17.9. The average molecular weight is 342 g/mol. The van der Waals surface area contributed by atoms with Gasteiger partial charge in [0, 0.05) is 6.42 Å². The van der Waals surface area contributed by atoms with Gasteiger partial charge in [0.25, 0.3) is 0 Å². The van der Waals surface area contributed by atoms with Gasteiger partial charge in [-0.15, -0.1) is 0 Å². The first kappa shape index (κ1) is 23.4. The first-order valence-corrected chi connectivity index (χ1v) is 10.7. The Labute approximate surface area is 151 Å². The molecule has 0 heterocycles. The largest absolute Gasteiger partial charge is 0.447 e. The molecule has 1 unspecified atom stereocenters. The van der Waals surface area contributed by atoms with Crippen molar-refractivity contribution in [2.24, 2.45) is 5.73 Å². The number of rotatable bonds is 18. The molecule has 0 rings (SSSR count). The van der Waals surface area contributed by atoms with Crippen LogP contribution in [0.3, 0.4) is 0 Å². The minimum Gasteiger partial charge on any atom is -0.447 e. The van der Waals surface area contributed by atoms with Gasteiger partial charge >= 0.3 is 5.97 Å². The van der Waals surface area contributed by atoms with Crippen molar-refractivity contribution >= 4 is 5.97 Å². The van der Waals surface area contributed by atoms with Crippen molar-refractivity contribution in [3.8, 4) is 0 Å². The highest BCUT2D eigenvalue weighted by Gasteiger charge is 2.09. The summed E-state index contributed by atoms with van der Waals surface area (Å²) >= 11 is 0. The molecule has 0 aromatic rings. The molecule has 0 aliphatic carbocycles. The molecule has 0 saturated carbocycles. The van der Waals surface area contributed by atoms with E-state index in [9.17, 15) is 4.79 Å². The standard InChI is InChI=1S/C21H43NO2/c1-3-5-7-9-11-12-13-14-16-18-20(22)24-21(23)19-17-15-10-8-6-4-2/h20H,3-19,22H2,1-2H3. The minimum absolute atomic E-state index is 0.117. The predicted molar refractivity (Wildman–Crippen MR) is 104 cm³/mol. The SMILES string of the molecule is CCCCCCCCCCCC(N)OC(=O)CCCCCCCC. The van der Waals surface area contributed by atoms with Gasteiger partial charge in [-0.1, -0.05) is 97.3 Å². The Bertz CT molecular complexity index is 269. The first-order chi connectivity index (χ1) is 11.7. The number of hydrogen-bond donors (Lipinski definition) is 1. The minimum atomic E-state index is -0.401. The van der Waals surface area contributed by atoms with Gasteiger partial charge in [0.05, 0.1) is 0 Å². The summed E-state index contributed by atoms with van der Waals surface area (Å²) in [5, 5.41) is 0. The first-order valence-electron chi connectivity index (χ1n) is 10.7. The van der Waals surface area contributed by atoms with E-state index >= 15 is 0 Å².